The number of carboxylic acids is 1. The fourth-order valence-electron chi connectivity index (χ4n) is 3.75. The Hall–Kier alpha value is -2.30. The maximum atomic E-state index is 12.4. The van der Waals surface area contributed by atoms with Gasteiger partial charge in [0.2, 0.25) is 5.91 Å². The molecule has 1 aromatic carbocycles. The Morgan fingerprint density at radius 2 is 1.92 bits per heavy atom. The second-order valence-corrected chi connectivity index (χ2v) is 6.78. The Bertz CT molecular complexity index is 757. The van der Waals surface area contributed by atoms with Crippen molar-refractivity contribution in [3.8, 4) is 0 Å². The lowest BCUT2D eigenvalue weighted by Gasteiger charge is -2.34. The topological polar surface area (TPSA) is 71.3 Å². The van der Waals surface area contributed by atoms with E-state index in [1.54, 1.807) is 0 Å². The van der Waals surface area contributed by atoms with Crippen molar-refractivity contribution in [2.75, 3.05) is 0 Å². The van der Waals surface area contributed by atoms with Gasteiger partial charge in [-0.2, -0.15) is 0 Å². The predicted molar refractivity (Wildman–Crippen MR) is 92.8 cm³/mol. The summed E-state index contributed by atoms with van der Waals surface area (Å²) in [6.45, 7) is 0. The van der Waals surface area contributed by atoms with Gasteiger partial charge in [0.15, 0.2) is 0 Å². The number of para-hydroxylation sites is 1. The minimum absolute atomic E-state index is 0.174. The molecule has 5 heteroatoms. The number of hydrogen-bond donors (Lipinski definition) is 2. The summed E-state index contributed by atoms with van der Waals surface area (Å²) in [5, 5.41) is 13.5. The van der Waals surface area contributed by atoms with Crippen LogP contribution in [0.1, 0.15) is 44.1 Å². The first-order chi connectivity index (χ1) is 11.5. The molecule has 2 aromatic rings. The SMILES string of the molecule is Cn1cc(CCC(=O)NC2(C(=O)O)CCCCC2)c2ccccc21. The van der Waals surface area contributed by atoms with Crippen LogP contribution in [-0.4, -0.2) is 27.1 Å². The summed E-state index contributed by atoms with van der Waals surface area (Å²) < 4.78 is 2.06. The van der Waals surface area contributed by atoms with Crippen LogP contribution in [0.4, 0.5) is 0 Å². The zero-order valence-electron chi connectivity index (χ0n) is 14.0. The lowest BCUT2D eigenvalue weighted by atomic mass is 9.81. The lowest BCUT2D eigenvalue weighted by Crippen LogP contribution is -2.55. The van der Waals surface area contributed by atoms with E-state index in [0.29, 0.717) is 25.7 Å². The van der Waals surface area contributed by atoms with E-state index in [9.17, 15) is 14.7 Å². The molecule has 5 nitrogen and oxygen atoms in total. The number of carbonyl (C=O) groups excluding carboxylic acids is 1. The highest BCUT2D eigenvalue weighted by molar-refractivity contribution is 5.88. The van der Waals surface area contributed by atoms with Gasteiger partial charge < -0.3 is 15.0 Å². The van der Waals surface area contributed by atoms with Crippen LogP contribution in [0.5, 0.6) is 0 Å². The molecule has 1 amide bonds. The molecule has 0 atom stereocenters. The van der Waals surface area contributed by atoms with Gasteiger partial charge in [0, 0.05) is 30.6 Å². The van der Waals surface area contributed by atoms with Crippen LogP contribution < -0.4 is 5.32 Å². The van der Waals surface area contributed by atoms with Crippen molar-refractivity contribution < 1.29 is 14.7 Å². The van der Waals surface area contributed by atoms with Crippen LogP contribution in [0.3, 0.4) is 0 Å². The molecule has 0 unspecified atom stereocenters. The Labute approximate surface area is 141 Å². The molecule has 0 bridgehead atoms. The van der Waals surface area contributed by atoms with Crippen LogP contribution in [0.2, 0.25) is 0 Å². The van der Waals surface area contributed by atoms with Gasteiger partial charge in [-0.15, -0.1) is 0 Å². The van der Waals surface area contributed by atoms with E-state index in [1.807, 2.05) is 25.4 Å². The van der Waals surface area contributed by atoms with E-state index in [-0.39, 0.29) is 5.91 Å². The number of benzene rings is 1. The quantitative estimate of drug-likeness (QED) is 0.886. The molecular weight excluding hydrogens is 304 g/mol. The Balaban J connectivity index is 1.67. The van der Waals surface area contributed by atoms with E-state index in [4.69, 9.17) is 0 Å². The van der Waals surface area contributed by atoms with Crippen LogP contribution in [0.25, 0.3) is 10.9 Å². The third-order valence-corrected chi connectivity index (χ3v) is 5.10. The summed E-state index contributed by atoms with van der Waals surface area (Å²) in [5.41, 5.74) is 1.20. The fourth-order valence-corrected chi connectivity index (χ4v) is 3.75. The average Bonchev–Trinajstić information content (AvgIpc) is 2.90. The smallest absolute Gasteiger partial charge is 0.329 e. The molecule has 1 saturated carbocycles. The number of rotatable bonds is 5. The van der Waals surface area contributed by atoms with Gasteiger partial charge in [-0.1, -0.05) is 37.5 Å². The highest BCUT2D eigenvalue weighted by Gasteiger charge is 2.40. The molecule has 1 aliphatic rings. The van der Waals surface area contributed by atoms with Crippen molar-refractivity contribution in [2.24, 2.45) is 7.05 Å². The molecule has 24 heavy (non-hydrogen) atoms. The lowest BCUT2D eigenvalue weighted by molar-refractivity contribution is -0.149. The van der Waals surface area contributed by atoms with E-state index in [1.165, 1.54) is 0 Å². The third kappa shape index (κ3) is 3.16. The Morgan fingerprint density at radius 1 is 1.21 bits per heavy atom. The van der Waals surface area contributed by atoms with Crippen LogP contribution in [0.15, 0.2) is 30.5 Å². The summed E-state index contributed by atoms with van der Waals surface area (Å²) >= 11 is 0. The predicted octanol–water partition coefficient (Wildman–Crippen LogP) is 3.01. The molecule has 1 aromatic heterocycles. The van der Waals surface area contributed by atoms with Crippen molar-refractivity contribution in [3.05, 3.63) is 36.0 Å². The van der Waals surface area contributed by atoms with Crippen LogP contribution in [0, 0.1) is 0 Å². The molecule has 0 spiro atoms. The van der Waals surface area contributed by atoms with E-state index in [0.717, 1.165) is 35.7 Å². The number of carboxylic acid groups (broad SMARTS) is 1. The molecular formula is C19H24N2O3. The first-order valence-electron chi connectivity index (χ1n) is 8.59. The minimum atomic E-state index is -1.06. The number of nitrogens with one attached hydrogen (secondary N) is 1. The molecule has 128 valence electrons. The number of hydrogen-bond acceptors (Lipinski definition) is 2. The second kappa shape index (κ2) is 6.67. The maximum absolute atomic E-state index is 12.4. The molecule has 2 N–H and O–H groups in total. The molecule has 1 fully saturated rings. The van der Waals surface area contributed by atoms with Gasteiger partial charge in [0.05, 0.1) is 0 Å². The molecule has 0 saturated heterocycles. The van der Waals surface area contributed by atoms with Gasteiger partial charge >= 0.3 is 5.97 Å². The number of aliphatic carboxylic acids is 1. The van der Waals surface area contributed by atoms with Gasteiger partial charge in [0.1, 0.15) is 5.54 Å². The van der Waals surface area contributed by atoms with Crippen molar-refractivity contribution in [1.29, 1.82) is 0 Å². The molecule has 1 heterocycles. The monoisotopic (exact) mass is 328 g/mol. The van der Waals surface area contributed by atoms with Crippen molar-refractivity contribution in [1.82, 2.24) is 9.88 Å². The zero-order chi connectivity index (χ0) is 17.2. The largest absolute Gasteiger partial charge is 0.480 e. The number of amides is 1. The first-order valence-corrected chi connectivity index (χ1v) is 8.59. The Kier molecular flexibility index (Phi) is 4.60. The van der Waals surface area contributed by atoms with E-state index >= 15 is 0 Å². The van der Waals surface area contributed by atoms with Gasteiger partial charge in [-0.3, -0.25) is 4.79 Å². The standard InChI is InChI=1S/C19H24N2O3/c1-21-13-14(15-7-3-4-8-16(15)21)9-10-17(22)20-19(18(23)24)11-5-2-6-12-19/h3-4,7-8,13H,2,5-6,9-12H2,1H3,(H,20,22)(H,23,24). The van der Waals surface area contributed by atoms with Gasteiger partial charge in [0.25, 0.3) is 0 Å². The molecule has 0 aliphatic heterocycles. The number of carbonyl (C=O) groups is 2. The summed E-state index contributed by atoms with van der Waals surface area (Å²) in [7, 11) is 1.99. The van der Waals surface area contributed by atoms with E-state index < -0.39 is 11.5 Å². The molecule has 1 aliphatic carbocycles. The van der Waals surface area contributed by atoms with Crippen molar-refractivity contribution in [2.45, 2.75) is 50.5 Å². The zero-order valence-corrected chi connectivity index (χ0v) is 14.0. The first kappa shape index (κ1) is 16.6. The summed E-state index contributed by atoms with van der Waals surface area (Å²) in [4.78, 5) is 24.0. The van der Waals surface area contributed by atoms with Crippen LogP contribution in [-0.2, 0) is 23.1 Å². The summed E-state index contributed by atoms with van der Waals surface area (Å²) in [6.07, 6.45) is 6.79. The van der Waals surface area contributed by atoms with Crippen LogP contribution >= 0.6 is 0 Å². The average molecular weight is 328 g/mol. The number of nitrogens with zero attached hydrogens (tertiary/aromatic N) is 1. The summed E-state index contributed by atoms with van der Waals surface area (Å²) in [6, 6.07) is 8.11. The van der Waals surface area contributed by atoms with Crippen molar-refractivity contribution >= 4 is 22.8 Å². The van der Waals surface area contributed by atoms with Crippen molar-refractivity contribution in [3.63, 3.8) is 0 Å². The van der Waals surface area contributed by atoms with Gasteiger partial charge in [-0.25, -0.2) is 4.79 Å². The van der Waals surface area contributed by atoms with E-state index in [2.05, 4.69) is 22.0 Å². The number of aromatic nitrogens is 1. The molecule has 0 radical (unpaired) electrons. The molecule has 3 rings (SSSR count). The number of aryl methyl sites for hydroxylation is 2. The number of fused-ring (bicyclic) bond motifs is 1. The highest BCUT2D eigenvalue weighted by atomic mass is 16.4. The fraction of sp³-hybridized carbons (Fsp3) is 0.474. The minimum Gasteiger partial charge on any atom is -0.480 e. The summed E-state index contributed by atoms with van der Waals surface area (Å²) in [5.74, 6) is -1.08. The third-order valence-electron chi connectivity index (χ3n) is 5.10. The highest BCUT2D eigenvalue weighted by Crippen LogP contribution is 2.29. The van der Waals surface area contributed by atoms with Gasteiger partial charge in [-0.05, 0) is 30.9 Å². The maximum Gasteiger partial charge on any atom is 0.329 e. The second-order valence-electron chi connectivity index (χ2n) is 6.78. The Morgan fingerprint density at radius 3 is 2.62 bits per heavy atom. The normalized spacial score (nSPS) is 16.9.